The lowest BCUT2D eigenvalue weighted by Crippen LogP contribution is -2.19. The third kappa shape index (κ3) is 2.57. The molecule has 0 bridgehead atoms. The van der Waals surface area contributed by atoms with Crippen molar-refractivity contribution in [3.05, 3.63) is 57.4 Å². The fraction of sp³-hybridized carbons (Fsp3) is 0.333. The minimum absolute atomic E-state index is 0.250. The van der Waals surface area contributed by atoms with Crippen LogP contribution >= 0.6 is 0 Å². The molecule has 0 fully saturated rings. The molecule has 0 aliphatic carbocycles. The topological polar surface area (TPSA) is 57.8 Å². The summed E-state index contributed by atoms with van der Waals surface area (Å²) in [5.41, 5.74) is 1.97. The Morgan fingerprint density at radius 3 is 2.95 bits per heavy atom. The van der Waals surface area contributed by atoms with Crippen molar-refractivity contribution in [1.29, 1.82) is 0 Å². The van der Waals surface area contributed by atoms with Crippen molar-refractivity contribution in [3.63, 3.8) is 0 Å². The zero-order chi connectivity index (χ0) is 13.9. The predicted molar refractivity (Wildman–Crippen MR) is 75.5 cm³/mol. The van der Waals surface area contributed by atoms with Gasteiger partial charge in [0.2, 0.25) is 0 Å². The maximum atomic E-state index is 13.8. The van der Waals surface area contributed by atoms with Crippen molar-refractivity contribution in [2.24, 2.45) is 0 Å². The van der Waals surface area contributed by atoms with Crippen LogP contribution in [0.25, 0.3) is 0 Å². The summed E-state index contributed by atoms with van der Waals surface area (Å²) in [6.45, 7) is 0.822. The number of nitrogens with one attached hydrogen (secondary N) is 2. The molecule has 20 heavy (non-hydrogen) atoms. The number of rotatable bonds is 2. The number of halogens is 1. The zero-order valence-electron chi connectivity index (χ0n) is 11.1. The highest BCUT2D eigenvalue weighted by atomic mass is 19.1. The van der Waals surface area contributed by atoms with Gasteiger partial charge < -0.3 is 10.3 Å². The lowest BCUT2D eigenvalue weighted by molar-refractivity contribution is 0.612. The van der Waals surface area contributed by atoms with E-state index in [2.05, 4.69) is 15.3 Å². The Hall–Kier alpha value is -2.17. The van der Waals surface area contributed by atoms with Crippen LogP contribution in [0.3, 0.4) is 0 Å². The lowest BCUT2D eigenvalue weighted by Gasteiger charge is -2.12. The highest BCUT2D eigenvalue weighted by Gasteiger charge is 2.16. The normalized spacial score (nSPS) is 14.2. The van der Waals surface area contributed by atoms with Crippen molar-refractivity contribution in [3.8, 4) is 0 Å². The van der Waals surface area contributed by atoms with Crippen LogP contribution in [0.2, 0.25) is 0 Å². The maximum Gasteiger partial charge on any atom is 0.347 e. The summed E-state index contributed by atoms with van der Waals surface area (Å²) in [4.78, 5) is 18.4. The van der Waals surface area contributed by atoms with E-state index in [-0.39, 0.29) is 11.5 Å². The van der Waals surface area contributed by atoms with Crippen LogP contribution in [0.5, 0.6) is 0 Å². The van der Waals surface area contributed by atoms with Crippen LogP contribution in [0, 0.1) is 5.82 Å². The summed E-state index contributed by atoms with van der Waals surface area (Å²) in [7, 11) is 0. The molecule has 0 saturated heterocycles. The molecule has 0 amide bonds. The van der Waals surface area contributed by atoms with Gasteiger partial charge in [0.1, 0.15) is 11.6 Å². The lowest BCUT2D eigenvalue weighted by atomic mass is 10.0. The first kappa shape index (κ1) is 12.8. The first-order valence-corrected chi connectivity index (χ1v) is 6.83. The third-order valence-corrected chi connectivity index (χ3v) is 3.59. The van der Waals surface area contributed by atoms with Crippen molar-refractivity contribution in [1.82, 2.24) is 9.97 Å². The number of fused-ring (bicyclic) bond motifs is 1. The van der Waals surface area contributed by atoms with Gasteiger partial charge in [0, 0.05) is 24.2 Å². The van der Waals surface area contributed by atoms with Gasteiger partial charge in [-0.3, -0.25) is 0 Å². The Morgan fingerprint density at radius 2 is 2.10 bits per heavy atom. The molecule has 104 valence electrons. The molecule has 5 heteroatoms. The monoisotopic (exact) mass is 273 g/mol. The minimum atomic E-state index is -0.385. The molecule has 2 heterocycles. The molecular weight excluding hydrogens is 257 g/mol. The number of anilines is 1. The number of benzene rings is 1. The van der Waals surface area contributed by atoms with Gasteiger partial charge in [0.25, 0.3) is 0 Å². The first-order chi connectivity index (χ1) is 9.74. The standard InChI is InChI=1S/C15H16FN3O/c16-12-7-2-1-5-10(12)9-13-11-6-3-4-8-17-14(11)19-15(20)18-13/h1-2,5,7H,3-4,6,8-9H2,(H2,17,18,19,20). The number of nitrogens with zero attached hydrogens (tertiary/aromatic N) is 1. The minimum Gasteiger partial charge on any atom is -0.370 e. The molecule has 0 radical (unpaired) electrons. The summed E-state index contributed by atoms with van der Waals surface area (Å²) < 4.78 is 13.8. The molecule has 3 rings (SSSR count). The van der Waals surface area contributed by atoms with E-state index in [1.807, 2.05) is 0 Å². The Kier molecular flexibility index (Phi) is 3.50. The maximum absolute atomic E-state index is 13.8. The predicted octanol–water partition coefficient (Wildman–Crippen LogP) is 2.25. The molecule has 4 nitrogen and oxygen atoms in total. The Bertz CT molecular complexity index is 681. The van der Waals surface area contributed by atoms with Crippen LogP contribution in [0.1, 0.15) is 29.7 Å². The van der Waals surface area contributed by atoms with E-state index in [1.54, 1.807) is 18.2 Å². The molecular formula is C15H16FN3O. The number of aromatic amines is 1. The summed E-state index contributed by atoms with van der Waals surface area (Å²) >= 11 is 0. The van der Waals surface area contributed by atoms with Crippen molar-refractivity contribution in [2.75, 3.05) is 11.9 Å². The average Bonchev–Trinajstić information content (AvgIpc) is 2.66. The van der Waals surface area contributed by atoms with E-state index < -0.39 is 0 Å². The summed E-state index contributed by atoms with van der Waals surface area (Å²) in [6, 6.07) is 6.64. The van der Waals surface area contributed by atoms with E-state index >= 15 is 0 Å². The smallest absolute Gasteiger partial charge is 0.347 e. The number of hydrogen-bond donors (Lipinski definition) is 2. The summed E-state index contributed by atoms with van der Waals surface area (Å²) in [5, 5.41) is 3.18. The van der Waals surface area contributed by atoms with Gasteiger partial charge in [-0.2, -0.15) is 4.98 Å². The molecule has 1 aromatic heterocycles. The van der Waals surface area contributed by atoms with E-state index in [4.69, 9.17) is 0 Å². The van der Waals surface area contributed by atoms with Crippen LogP contribution in [0.4, 0.5) is 10.2 Å². The largest absolute Gasteiger partial charge is 0.370 e. The van der Waals surface area contributed by atoms with Gasteiger partial charge in [0.05, 0.1) is 0 Å². The first-order valence-electron chi connectivity index (χ1n) is 6.83. The molecule has 0 saturated carbocycles. The summed E-state index contributed by atoms with van der Waals surface area (Å²) in [5.74, 6) is 0.401. The second-order valence-electron chi connectivity index (χ2n) is 5.00. The zero-order valence-corrected chi connectivity index (χ0v) is 11.1. The van der Waals surface area contributed by atoms with Gasteiger partial charge in [0.15, 0.2) is 0 Å². The molecule has 0 unspecified atom stereocenters. The van der Waals surface area contributed by atoms with Crippen molar-refractivity contribution >= 4 is 5.82 Å². The van der Waals surface area contributed by atoms with Gasteiger partial charge in [-0.1, -0.05) is 18.2 Å². The second-order valence-corrected chi connectivity index (χ2v) is 5.00. The Labute approximate surface area is 116 Å². The fourth-order valence-corrected chi connectivity index (χ4v) is 2.58. The molecule has 1 aromatic carbocycles. The van der Waals surface area contributed by atoms with Gasteiger partial charge in [-0.15, -0.1) is 0 Å². The van der Waals surface area contributed by atoms with E-state index in [0.29, 0.717) is 17.8 Å². The van der Waals surface area contributed by atoms with Crippen molar-refractivity contribution < 1.29 is 4.39 Å². The quantitative estimate of drug-likeness (QED) is 0.882. The third-order valence-electron chi connectivity index (χ3n) is 3.59. The molecule has 2 aromatic rings. The molecule has 2 N–H and O–H groups in total. The molecule has 1 aliphatic rings. The highest BCUT2D eigenvalue weighted by molar-refractivity contribution is 5.48. The van der Waals surface area contributed by atoms with Crippen molar-refractivity contribution in [2.45, 2.75) is 25.7 Å². The Balaban J connectivity index is 2.03. The van der Waals surface area contributed by atoms with Gasteiger partial charge in [-0.25, -0.2) is 9.18 Å². The SMILES string of the molecule is O=c1nc2c(c(Cc3ccccc3F)[nH]1)CCCCN2. The van der Waals surface area contributed by atoms with Gasteiger partial charge >= 0.3 is 5.69 Å². The summed E-state index contributed by atoms with van der Waals surface area (Å²) in [6.07, 6.45) is 3.33. The van der Waals surface area contributed by atoms with Crippen LogP contribution in [0.15, 0.2) is 29.1 Å². The number of aromatic nitrogens is 2. The van der Waals surface area contributed by atoms with E-state index in [9.17, 15) is 9.18 Å². The molecule has 1 aliphatic heterocycles. The van der Waals surface area contributed by atoms with E-state index in [1.165, 1.54) is 6.07 Å². The Morgan fingerprint density at radius 1 is 1.25 bits per heavy atom. The fourth-order valence-electron chi connectivity index (χ4n) is 2.58. The number of hydrogen-bond acceptors (Lipinski definition) is 3. The van der Waals surface area contributed by atoms with Gasteiger partial charge in [-0.05, 0) is 30.9 Å². The average molecular weight is 273 g/mol. The number of H-pyrrole nitrogens is 1. The molecule has 0 atom stereocenters. The van der Waals surface area contributed by atoms with E-state index in [0.717, 1.165) is 37.1 Å². The second kappa shape index (κ2) is 5.45. The highest BCUT2D eigenvalue weighted by Crippen LogP contribution is 2.22. The van der Waals surface area contributed by atoms with Crippen LogP contribution in [-0.2, 0) is 12.8 Å². The van der Waals surface area contributed by atoms with Crippen LogP contribution < -0.4 is 11.0 Å². The van der Waals surface area contributed by atoms with Crippen LogP contribution in [-0.4, -0.2) is 16.5 Å². The molecule has 0 spiro atoms.